The van der Waals surface area contributed by atoms with Crippen LogP contribution in [-0.2, 0) is 4.79 Å². The fourth-order valence-electron chi connectivity index (χ4n) is 3.29. The van der Waals surface area contributed by atoms with Crippen LogP contribution in [0.4, 0.5) is 0 Å². The number of nitrogens with one attached hydrogen (secondary N) is 1. The van der Waals surface area contributed by atoms with Crippen molar-refractivity contribution in [3.05, 3.63) is 0 Å². The second kappa shape index (κ2) is 6.55. The molecule has 1 saturated carbocycles. The first-order valence-corrected chi connectivity index (χ1v) is 7.22. The molecule has 0 aromatic carbocycles. The summed E-state index contributed by atoms with van der Waals surface area (Å²) in [5.74, 6) is 1.37. The number of hydrogen-bond donors (Lipinski definition) is 2. The third-order valence-electron chi connectivity index (χ3n) is 4.00. The summed E-state index contributed by atoms with van der Waals surface area (Å²) in [4.78, 5) is 12.2. The topological polar surface area (TPSA) is 49.3 Å². The van der Waals surface area contributed by atoms with Gasteiger partial charge in [0.05, 0.1) is 0 Å². The van der Waals surface area contributed by atoms with Gasteiger partial charge in [0.1, 0.15) is 0 Å². The van der Waals surface area contributed by atoms with Crippen molar-refractivity contribution < 1.29 is 9.90 Å². The van der Waals surface area contributed by atoms with Crippen LogP contribution in [0.1, 0.15) is 53.4 Å². The Morgan fingerprint density at radius 2 is 2.11 bits per heavy atom. The quantitative estimate of drug-likeness (QED) is 0.793. The van der Waals surface area contributed by atoms with Gasteiger partial charge in [0.2, 0.25) is 5.91 Å². The Bertz CT molecular complexity index is 276. The zero-order valence-corrected chi connectivity index (χ0v) is 12.3. The van der Waals surface area contributed by atoms with E-state index in [1.807, 2.05) is 0 Å². The average Bonchev–Trinajstić information content (AvgIpc) is 2.23. The van der Waals surface area contributed by atoms with Crippen LogP contribution in [0.5, 0.6) is 0 Å². The van der Waals surface area contributed by atoms with E-state index in [0.717, 1.165) is 19.3 Å². The first-order chi connectivity index (χ1) is 8.34. The van der Waals surface area contributed by atoms with Crippen molar-refractivity contribution in [2.75, 3.05) is 13.2 Å². The molecule has 3 atom stereocenters. The highest BCUT2D eigenvalue weighted by molar-refractivity contribution is 5.78. The van der Waals surface area contributed by atoms with E-state index in [9.17, 15) is 4.79 Å². The molecule has 1 amide bonds. The van der Waals surface area contributed by atoms with Crippen molar-refractivity contribution in [2.45, 2.75) is 53.4 Å². The zero-order chi connectivity index (χ0) is 13.8. The summed E-state index contributed by atoms with van der Waals surface area (Å²) in [6.45, 7) is 9.71. The number of aliphatic hydroxyl groups excluding tert-OH is 1. The molecule has 0 radical (unpaired) electrons. The number of hydrogen-bond acceptors (Lipinski definition) is 2. The summed E-state index contributed by atoms with van der Waals surface area (Å²) < 4.78 is 0. The van der Waals surface area contributed by atoms with Crippen molar-refractivity contribution in [1.82, 2.24) is 5.32 Å². The molecule has 1 rings (SSSR count). The van der Waals surface area contributed by atoms with E-state index in [1.54, 1.807) is 0 Å². The number of amides is 1. The van der Waals surface area contributed by atoms with Crippen LogP contribution in [-0.4, -0.2) is 24.2 Å². The Morgan fingerprint density at radius 3 is 2.67 bits per heavy atom. The molecule has 106 valence electrons. The minimum Gasteiger partial charge on any atom is -0.396 e. The van der Waals surface area contributed by atoms with Gasteiger partial charge in [-0.15, -0.1) is 0 Å². The maximum Gasteiger partial charge on any atom is 0.223 e. The molecule has 0 saturated heterocycles. The lowest BCUT2D eigenvalue weighted by molar-refractivity contribution is -0.128. The standard InChI is InChI=1S/C15H29NO2/c1-11(5-6-17)10-16-14(18)13-7-12(2)8-15(3,4)9-13/h11-13,17H,5-10H2,1-4H3,(H,16,18). The van der Waals surface area contributed by atoms with Crippen LogP contribution in [0, 0.1) is 23.2 Å². The van der Waals surface area contributed by atoms with Gasteiger partial charge in [-0.25, -0.2) is 0 Å². The van der Waals surface area contributed by atoms with E-state index < -0.39 is 0 Å². The monoisotopic (exact) mass is 255 g/mol. The number of carbonyl (C=O) groups is 1. The molecule has 3 nitrogen and oxygen atoms in total. The van der Waals surface area contributed by atoms with Crippen LogP contribution in [0.3, 0.4) is 0 Å². The first kappa shape index (κ1) is 15.5. The highest BCUT2D eigenvalue weighted by Crippen LogP contribution is 2.41. The van der Waals surface area contributed by atoms with Gasteiger partial charge in [-0.05, 0) is 42.9 Å². The van der Waals surface area contributed by atoms with E-state index in [4.69, 9.17) is 5.11 Å². The summed E-state index contributed by atoms with van der Waals surface area (Å²) in [6, 6.07) is 0. The Kier molecular flexibility index (Phi) is 5.64. The van der Waals surface area contributed by atoms with E-state index in [2.05, 4.69) is 33.0 Å². The molecule has 2 N–H and O–H groups in total. The van der Waals surface area contributed by atoms with E-state index in [-0.39, 0.29) is 23.8 Å². The molecule has 1 fully saturated rings. The van der Waals surface area contributed by atoms with Crippen LogP contribution < -0.4 is 5.32 Å². The van der Waals surface area contributed by atoms with Crippen LogP contribution in [0.2, 0.25) is 0 Å². The van der Waals surface area contributed by atoms with Gasteiger partial charge in [0, 0.05) is 19.1 Å². The molecular formula is C15H29NO2. The largest absolute Gasteiger partial charge is 0.396 e. The van der Waals surface area contributed by atoms with Gasteiger partial charge in [-0.3, -0.25) is 4.79 Å². The van der Waals surface area contributed by atoms with Gasteiger partial charge in [0.25, 0.3) is 0 Å². The highest BCUT2D eigenvalue weighted by Gasteiger charge is 2.35. The molecule has 3 heteroatoms. The molecule has 0 spiro atoms. The second-order valence-electron chi connectivity index (χ2n) is 6.97. The fraction of sp³-hybridized carbons (Fsp3) is 0.933. The van der Waals surface area contributed by atoms with Gasteiger partial charge in [-0.2, -0.15) is 0 Å². The molecule has 0 aromatic heterocycles. The third kappa shape index (κ3) is 4.97. The average molecular weight is 255 g/mol. The summed E-state index contributed by atoms with van der Waals surface area (Å²) in [7, 11) is 0. The maximum atomic E-state index is 12.2. The summed E-state index contributed by atoms with van der Waals surface area (Å²) in [5, 5.41) is 11.9. The predicted molar refractivity (Wildman–Crippen MR) is 74.2 cm³/mol. The van der Waals surface area contributed by atoms with Crippen LogP contribution in [0.25, 0.3) is 0 Å². The number of rotatable bonds is 5. The summed E-state index contributed by atoms with van der Waals surface area (Å²) >= 11 is 0. The molecule has 0 heterocycles. The molecule has 18 heavy (non-hydrogen) atoms. The Balaban J connectivity index is 2.41. The summed E-state index contributed by atoms with van der Waals surface area (Å²) in [5.41, 5.74) is 0.288. The molecule has 0 aliphatic heterocycles. The predicted octanol–water partition coefficient (Wildman–Crippen LogP) is 2.58. The molecular weight excluding hydrogens is 226 g/mol. The van der Waals surface area contributed by atoms with Crippen molar-refractivity contribution >= 4 is 5.91 Å². The van der Waals surface area contributed by atoms with Gasteiger partial charge < -0.3 is 10.4 Å². The van der Waals surface area contributed by atoms with E-state index in [1.165, 1.54) is 6.42 Å². The molecule has 1 aliphatic rings. The lowest BCUT2D eigenvalue weighted by Crippen LogP contribution is -2.39. The zero-order valence-electron chi connectivity index (χ0n) is 12.3. The minimum absolute atomic E-state index is 0.171. The fourth-order valence-corrected chi connectivity index (χ4v) is 3.29. The van der Waals surface area contributed by atoms with Crippen molar-refractivity contribution in [2.24, 2.45) is 23.2 Å². The normalized spacial score (nSPS) is 28.7. The SMILES string of the molecule is CC(CCO)CNC(=O)C1CC(C)CC(C)(C)C1. The van der Waals surface area contributed by atoms with Gasteiger partial charge in [0.15, 0.2) is 0 Å². The molecule has 0 aromatic rings. The van der Waals surface area contributed by atoms with Crippen LogP contribution >= 0.6 is 0 Å². The molecule has 0 bridgehead atoms. The first-order valence-electron chi connectivity index (χ1n) is 7.22. The Hall–Kier alpha value is -0.570. The van der Waals surface area contributed by atoms with Gasteiger partial charge in [-0.1, -0.05) is 27.7 Å². The van der Waals surface area contributed by atoms with Crippen molar-refractivity contribution in [3.63, 3.8) is 0 Å². The lowest BCUT2D eigenvalue weighted by atomic mass is 9.68. The van der Waals surface area contributed by atoms with E-state index >= 15 is 0 Å². The van der Waals surface area contributed by atoms with Crippen molar-refractivity contribution in [3.8, 4) is 0 Å². The van der Waals surface area contributed by atoms with Crippen molar-refractivity contribution in [1.29, 1.82) is 0 Å². The second-order valence-corrected chi connectivity index (χ2v) is 6.97. The smallest absolute Gasteiger partial charge is 0.223 e. The Morgan fingerprint density at radius 1 is 1.44 bits per heavy atom. The number of aliphatic hydroxyl groups is 1. The molecule has 1 aliphatic carbocycles. The summed E-state index contributed by atoms with van der Waals surface area (Å²) in [6.07, 6.45) is 3.99. The lowest BCUT2D eigenvalue weighted by Gasteiger charge is -2.38. The minimum atomic E-state index is 0.171. The highest BCUT2D eigenvalue weighted by atomic mass is 16.3. The Labute approximate surface area is 111 Å². The molecule has 3 unspecified atom stereocenters. The number of carbonyl (C=O) groups excluding carboxylic acids is 1. The third-order valence-corrected chi connectivity index (χ3v) is 4.00. The van der Waals surface area contributed by atoms with Crippen LogP contribution in [0.15, 0.2) is 0 Å². The van der Waals surface area contributed by atoms with E-state index in [0.29, 0.717) is 18.4 Å². The van der Waals surface area contributed by atoms with Gasteiger partial charge >= 0.3 is 0 Å². The maximum absolute atomic E-state index is 12.2.